The molecule has 1 heterocycles. The predicted molar refractivity (Wildman–Crippen MR) is 25.7 cm³/mol. The molecule has 2 N–H and O–H groups in total. The summed E-state index contributed by atoms with van der Waals surface area (Å²) >= 11 is 1.60. The molecule has 1 aromatic heterocycles. The van der Waals surface area contributed by atoms with E-state index in [0.717, 1.165) is 0 Å². The Bertz CT molecular complexity index is 71.4. The van der Waals surface area contributed by atoms with Crippen LogP contribution in [0, 0.1) is 0 Å². The second-order valence-corrected chi connectivity index (χ2v) is 1.43. The van der Waals surface area contributed by atoms with E-state index in [1.165, 1.54) is 0 Å². The van der Waals surface area contributed by atoms with Gasteiger partial charge in [-0.2, -0.15) is 0 Å². The largest absolute Gasteiger partial charge is 0.412 e. The van der Waals surface area contributed by atoms with Gasteiger partial charge in [-0.25, -0.2) is 0 Å². The summed E-state index contributed by atoms with van der Waals surface area (Å²) in [5.74, 6) is 0. The van der Waals surface area contributed by atoms with Crippen molar-refractivity contribution in [2.45, 2.75) is 0 Å². The van der Waals surface area contributed by atoms with E-state index in [1.54, 1.807) is 23.0 Å². The molecule has 0 bridgehead atoms. The number of hydrogen-bond acceptors (Lipinski definition) is 2. The number of rotatable bonds is 0. The minimum atomic E-state index is 0. The van der Waals surface area contributed by atoms with Crippen molar-refractivity contribution in [1.82, 2.24) is 4.98 Å². The Morgan fingerprint density at radius 1 is 1.43 bits per heavy atom. The van der Waals surface area contributed by atoms with Crippen LogP contribution in [-0.2, 0) is 19.5 Å². The summed E-state index contributed by atoms with van der Waals surface area (Å²) in [5, 5.41) is 1.93. The molecule has 0 aromatic carbocycles. The van der Waals surface area contributed by atoms with Gasteiger partial charge in [0.25, 0.3) is 0 Å². The molecule has 0 unspecified atom stereocenters. The molecule has 0 aliphatic rings. The third kappa shape index (κ3) is 4.06. The van der Waals surface area contributed by atoms with Gasteiger partial charge in [-0.05, 0) is 0 Å². The topological polar surface area (TPSA) is 44.4 Å². The Balaban J connectivity index is 0. The zero-order valence-electron chi connectivity index (χ0n) is 3.79. The standard InChI is InChI=1S/C3H3NS.H2O.Zn/c1-2-5-3-4-1;;/h1-3H;1H2;. The van der Waals surface area contributed by atoms with Gasteiger partial charge in [-0.3, -0.25) is 4.98 Å². The molecule has 36 valence electrons. The minimum absolute atomic E-state index is 0. The van der Waals surface area contributed by atoms with Gasteiger partial charge >= 0.3 is 0 Å². The van der Waals surface area contributed by atoms with Gasteiger partial charge in [-0.15, -0.1) is 11.3 Å². The van der Waals surface area contributed by atoms with Gasteiger partial charge in [0.05, 0.1) is 5.51 Å². The maximum atomic E-state index is 3.74. The van der Waals surface area contributed by atoms with Crippen molar-refractivity contribution in [3.8, 4) is 0 Å². The minimum Gasteiger partial charge on any atom is -0.412 e. The van der Waals surface area contributed by atoms with Crippen molar-refractivity contribution in [2.75, 3.05) is 0 Å². The molecule has 0 saturated heterocycles. The van der Waals surface area contributed by atoms with Crippen molar-refractivity contribution in [3.63, 3.8) is 0 Å². The van der Waals surface area contributed by atoms with Crippen LogP contribution in [0.1, 0.15) is 0 Å². The zero-order chi connectivity index (χ0) is 3.54. The molecule has 1 aromatic rings. The van der Waals surface area contributed by atoms with Gasteiger partial charge in [0.1, 0.15) is 0 Å². The summed E-state index contributed by atoms with van der Waals surface area (Å²) in [7, 11) is 0. The molecular weight excluding hydrogens is 163 g/mol. The molecule has 1 rings (SSSR count). The molecule has 4 heteroatoms. The average molecular weight is 169 g/mol. The van der Waals surface area contributed by atoms with E-state index in [1.807, 2.05) is 5.38 Å². The van der Waals surface area contributed by atoms with Crippen LogP contribution in [0.2, 0.25) is 0 Å². The van der Waals surface area contributed by atoms with Crippen molar-refractivity contribution in [3.05, 3.63) is 17.1 Å². The quantitative estimate of drug-likeness (QED) is 0.515. The van der Waals surface area contributed by atoms with E-state index >= 15 is 0 Å². The maximum Gasteiger partial charge on any atom is 0.0791 e. The molecule has 2 nitrogen and oxygen atoms in total. The molecule has 0 amide bonds. The summed E-state index contributed by atoms with van der Waals surface area (Å²) < 4.78 is 0. The van der Waals surface area contributed by atoms with Crippen molar-refractivity contribution in [2.24, 2.45) is 0 Å². The number of nitrogens with zero attached hydrogens (tertiary/aromatic N) is 1. The van der Waals surface area contributed by atoms with E-state index in [2.05, 4.69) is 4.98 Å². The van der Waals surface area contributed by atoms with Gasteiger partial charge in [0.2, 0.25) is 0 Å². The fraction of sp³-hybridized carbons (Fsp3) is 0. The fourth-order valence-corrected chi connectivity index (χ4v) is 0.527. The van der Waals surface area contributed by atoms with E-state index in [-0.39, 0.29) is 25.0 Å². The van der Waals surface area contributed by atoms with Crippen LogP contribution >= 0.6 is 11.3 Å². The molecular formula is C3H5NOSZn. The smallest absolute Gasteiger partial charge is 0.0791 e. The van der Waals surface area contributed by atoms with Crippen LogP contribution in [0.25, 0.3) is 0 Å². The normalized spacial score (nSPS) is 5.71. The Kier molecular flexibility index (Phi) is 9.09. The van der Waals surface area contributed by atoms with E-state index in [9.17, 15) is 0 Å². The van der Waals surface area contributed by atoms with Crippen LogP contribution in [0.3, 0.4) is 0 Å². The van der Waals surface area contributed by atoms with Gasteiger partial charge < -0.3 is 5.48 Å². The molecule has 0 aliphatic heterocycles. The second-order valence-electron chi connectivity index (χ2n) is 0.676. The molecule has 0 aliphatic carbocycles. The zero-order valence-corrected chi connectivity index (χ0v) is 7.58. The Hall–Kier alpha value is 0.213. The first-order valence-corrected chi connectivity index (χ1v) is 2.26. The van der Waals surface area contributed by atoms with Crippen molar-refractivity contribution >= 4 is 11.3 Å². The molecule has 0 radical (unpaired) electrons. The van der Waals surface area contributed by atoms with Crippen molar-refractivity contribution < 1.29 is 25.0 Å². The second kappa shape index (κ2) is 6.21. The molecule has 0 saturated carbocycles. The third-order valence-electron chi connectivity index (χ3n) is 0.347. The summed E-state index contributed by atoms with van der Waals surface area (Å²) in [5.41, 5.74) is 1.79. The number of aromatic nitrogens is 1. The summed E-state index contributed by atoms with van der Waals surface area (Å²) in [6.45, 7) is 0. The number of hydrogen-bond donors (Lipinski definition) is 0. The Labute approximate surface area is 58.7 Å². The molecule has 7 heavy (non-hydrogen) atoms. The van der Waals surface area contributed by atoms with Crippen LogP contribution in [0.4, 0.5) is 0 Å². The number of thiazole rings is 1. The van der Waals surface area contributed by atoms with E-state index in [0.29, 0.717) is 0 Å². The van der Waals surface area contributed by atoms with E-state index in [4.69, 9.17) is 0 Å². The Morgan fingerprint density at radius 3 is 2.29 bits per heavy atom. The summed E-state index contributed by atoms with van der Waals surface area (Å²) in [6.07, 6.45) is 1.77. The van der Waals surface area contributed by atoms with E-state index < -0.39 is 0 Å². The molecule has 0 spiro atoms. The van der Waals surface area contributed by atoms with Crippen LogP contribution in [-0.4, -0.2) is 10.5 Å². The summed E-state index contributed by atoms with van der Waals surface area (Å²) in [6, 6.07) is 0. The third-order valence-corrected chi connectivity index (χ3v) is 0.869. The molecule has 0 atom stereocenters. The SMILES string of the molecule is O.[Zn].c1cscn1. The van der Waals surface area contributed by atoms with Gasteiger partial charge in [0, 0.05) is 31.1 Å². The first kappa shape index (κ1) is 10.2. The fourth-order valence-electron chi connectivity index (χ4n) is 0.176. The summed E-state index contributed by atoms with van der Waals surface area (Å²) in [4.78, 5) is 3.74. The van der Waals surface area contributed by atoms with Gasteiger partial charge in [0.15, 0.2) is 0 Å². The van der Waals surface area contributed by atoms with Crippen LogP contribution in [0.5, 0.6) is 0 Å². The van der Waals surface area contributed by atoms with Crippen LogP contribution < -0.4 is 0 Å². The van der Waals surface area contributed by atoms with Crippen LogP contribution in [0.15, 0.2) is 17.1 Å². The maximum absolute atomic E-state index is 3.74. The average Bonchev–Trinajstić information content (AvgIpc) is 1.76. The van der Waals surface area contributed by atoms with Crippen molar-refractivity contribution in [1.29, 1.82) is 0 Å². The molecule has 0 fully saturated rings. The monoisotopic (exact) mass is 167 g/mol. The van der Waals surface area contributed by atoms with Gasteiger partial charge in [-0.1, -0.05) is 0 Å². The predicted octanol–water partition coefficient (Wildman–Crippen LogP) is 0.316. The Morgan fingerprint density at radius 2 is 2.14 bits per heavy atom. The first-order chi connectivity index (χ1) is 2.50. The first-order valence-electron chi connectivity index (χ1n) is 1.32.